The van der Waals surface area contributed by atoms with Gasteiger partial charge in [0.2, 0.25) is 5.95 Å². The maximum atomic E-state index is 12.5. The van der Waals surface area contributed by atoms with Crippen molar-refractivity contribution in [3.05, 3.63) is 65.4 Å². The van der Waals surface area contributed by atoms with E-state index in [1.54, 1.807) is 38.7 Å². The van der Waals surface area contributed by atoms with Gasteiger partial charge in [0.15, 0.2) is 11.5 Å². The summed E-state index contributed by atoms with van der Waals surface area (Å²) in [5.74, 6) is 2.08. The van der Waals surface area contributed by atoms with Crippen molar-refractivity contribution in [2.24, 2.45) is 0 Å². The second-order valence-corrected chi connectivity index (χ2v) is 6.02. The standard InChI is InChI=1S/C20H22N4O4/c1-13-9-16(24-20(23-13)22-12-15-5-4-8-28-15)19(25)21-11-14-6-7-17(26-2)18(10-14)27-3/h4-10H,11-12H2,1-3H3,(H,21,25)(H,22,23,24). The van der Waals surface area contributed by atoms with Gasteiger partial charge in [-0.05, 0) is 42.8 Å². The van der Waals surface area contributed by atoms with Gasteiger partial charge >= 0.3 is 0 Å². The third-order valence-corrected chi connectivity index (χ3v) is 3.99. The number of rotatable bonds is 8. The van der Waals surface area contributed by atoms with Gasteiger partial charge < -0.3 is 24.5 Å². The van der Waals surface area contributed by atoms with Crippen molar-refractivity contribution in [1.29, 1.82) is 0 Å². The van der Waals surface area contributed by atoms with Crippen LogP contribution in [0, 0.1) is 6.92 Å². The Labute approximate surface area is 162 Å². The van der Waals surface area contributed by atoms with Crippen LogP contribution in [0.15, 0.2) is 47.1 Å². The number of ether oxygens (including phenoxy) is 2. The highest BCUT2D eigenvalue weighted by molar-refractivity contribution is 5.92. The zero-order valence-electron chi connectivity index (χ0n) is 16.0. The number of aromatic nitrogens is 2. The second kappa shape index (κ2) is 8.90. The van der Waals surface area contributed by atoms with E-state index < -0.39 is 0 Å². The van der Waals surface area contributed by atoms with Crippen LogP contribution in [0.2, 0.25) is 0 Å². The first-order valence-electron chi connectivity index (χ1n) is 8.70. The molecule has 8 nitrogen and oxygen atoms in total. The van der Waals surface area contributed by atoms with E-state index in [-0.39, 0.29) is 11.6 Å². The molecule has 2 heterocycles. The third kappa shape index (κ3) is 4.79. The molecule has 3 rings (SSSR count). The minimum atomic E-state index is -0.290. The van der Waals surface area contributed by atoms with E-state index in [2.05, 4.69) is 20.6 Å². The van der Waals surface area contributed by atoms with Crippen molar-refractivity contribution in [2.75, 3.05) is 19.5 Å². The summed E-state index contributed by atoms with van der Waals surface area (Å²) in [5.41, 5.74) is 1.86. The summed E-state index contributed by atoms with van der Waals surface area (Å²) in [4.78, 5) is 21.1. The summed E-state index contributed by atoms with van der Waals surface area (Å²) >= 11 is 0. The van der Waals surface area contributed by atoms with Gasteiger partial charge in [-0.2, -0.15) is 0 Å². The van der Waals surface area contributed by atoms with Crippen LogP contribution < -0.4 is 20.1 Å². The molecular weight excluding hydrogens is 360 g/mol. The fourth-order valence-electron chi connectivity index (χ4n) is 2.61. The van der Waals surface area contributed by atoms with Crippen molar-refractivity contribution in [1.82, 2.24) is 15.3 Å². The lowest BCUT2D eigenvalue weighted by molar-refractivity contribution is 0.0945. The Balaban J connectivity index is 1.65. The number of hydrogen-bond donors (Lipinski definition) is 2. The van der Waals surface area contributed by atoms with E-state index in [4.69, 9.17) is 13.9 Å². The van der Waals surface area contributed by atoms with Gasteiger partial charge in [-0.25, -0.2) is 9.97 Å². The number of methoxy groups -OCH3 is 2. The average molecular weight is 382 g/mol. The van der Waals surface area contributed by atoms with Gasteiger partial charge in [-0.3, -0.25) is 4.79 Å². The molecule has 0 saturated heterocycles. The highest BCUT2D eigenvalue weighted by Gasteiger charge is 2.12. The molecule has 146 valence electrons. The van der Waals surface area contributed by atoms with Crippen molar-refractivity contribution in [2.45, 2.75) is 20.0 Å². The van der Waals surface area contributed by atoms with Crippen LogP contribution in [0.3, 0.4) is 0 Å². The van der Waals surface area contributed by atoms with E-state index in [0.717, 1.165) is 11.3 Å². The van der Waals surface area contributed by atoms with Gasteiger partial charge in [0.25, 0.3) is 5.91 Å². The SMILES string of the molecule is COc1ccc(CNC(=O)c2cc(C)nc(NCc3ccco3)n2)cc1OC. The van der Waals surface area contributed by atoms with Gasteiger partial charge in [-0.15, -0.1) is 0 Å². The van der Waals surface area contributed by atoms with E-state index in [1.807, 2.05) is 25.1 Å². The largest absolute Gasteiger partial charge is 0.493 e. The number of carbonyl (C=O) groups excluding carboxylic acids is 1. The van der Waals surface area contributed by atoms with E-state index in [0.29, 0.717) is 36.2 Å². The molecule has 1 aromatic carbocycles. The molecule has 28 heavy (non-hydrogen) atoms. The Kier molecular flexibility index (Phi) is 6.11. The lowest BCUT2D eigenvalue weighted by atomic mass is 10.2. The van der Waals surface area contributed by atoms with E-state index in [1.165, 1.54) is 0 Å². The Morgan fingerprint density at radius 2 is 1.89 bits per heavy atom. The van der Waals surface area contributed by atoms with Gasteiger partial charge in [0, 0.05) is 12.2 Å². The molecule has 0 aliphatic heterocycles. The lowest BCUT2D eigenvalue weighted by Gasteiger charge is -2.11. The second-order valence-electron chi connectivity index (χ2n) is 6.02. The number of aryl methyl sites for hydroxylation is 1. The van der Waals surface area contributed by atoms with E-state index >= 15 is 0 Å². The fraction of sp³-hybridized carbons (Fsp3) is 0.250. The van der Waals surface area contributed by atoms with Gasteiger partial charge in [0.05, 0.1) is 27.0 Å². The monoisotopic (exact) mass is 382 g/mol. The smallest absolute Gasteiger partial charge is 0.270 e. The highest BCUT2D eigenvalue weighted by atomic mass is 16.5. The number of benzene rings is 1. The maximum absolute atomic E-state index is 12.5. The van der Waals surface area contributed by atoms with Crippen molar-refractivity contribution in [3.8, 4) is 11.5 Å². The molecule has 0 atom stereocenters. The minimum Gasteiger partial charge on any atom is -0.493 e. The molecule has 0 unspecified atom stereocenters. The molecule has 0 fully saturated rings. The van der Waals surface area contributed by atoms with Crippen LogP contribution in [0.1, 0.15) is 27.5 Å². The topological polar surface area (TPSA) is 98.5 Å². The molecule has 3 aromatic rings. The first kappa shape index (κ1) is 19.2. The number of amides is 1. The Morgan fingerprint density at radius 1 is 1.07 bits per heavy atom. The van der Waals surface area contributed by atoms with Crippen LogP contribution in [-0.2, 0) is 13.1 Å². The number of furan rings is 1. The summed E-state index contributed by atoms with van der Waals surface area (Å²) in [5, 5.41) is 5.91. The number of carbonyl (C=O) groups is 1. The first-order valence-corrected chi connectivity index (χ1v) is 8.70. The summed E-state index contributed by atoms with van der Waals surface area (Å²) in [6.07, 6.45) is 1.60. The zero-order valence-corrected chi connectivity index (χ0v) is 16.0. The predicted octanol–water partition coefficient (Wildman–Crippen LogP) is 2.94. The number of hydrogen-bond acceptors (Lipinski definition) is 7. The van der Waals surface area contributed by atoms with Crippen molar-refractivity contribution in [3.63, 3.8) is 0 Å². The Morgan fingerprint density at radius 3 is 2.61 bits per heavy atom. The number of nitrogens with one attached hydrogen (secondary N) is 2. The average Bonchev–Trinajstić information content (AvgIpc) is 3.23. The third-order valence-electron chi connectivity index (χ3n) is 3.99. The van der Waals surface area contributed by atoms with Gasteiger partial charge in [-0.1, -0.05) is 6.07 Å². The summed E-state index contributed by atoms with van der Waals surface area (Å²) in [6.45, 7) is 2.57. The zero-order chi connectivity index (χ0) is 19.9. The number of nitrogens with zero attached hydrogens (tertiary/aromatic N) is 2. The van der Waals surface area contributed by atoms with Crippen LogP contribution in [0.25, 0.3) is 0 Å². The molecule has 0 spiro atoms. The molecule has 0 saturated carbocycles. The van der Waals surface area contributed by atoms with Crippen molar-refractivity contribution < 1.29 is 18.7 Å². The first-order chi connectivity index (χ1) is 13.6. The van der Waals surface area contributed by atoms with Crippen LogP contribution in [0.4, 0.5) is 5.95 Å². The molecule has 2 aromatic heterocycles. The summed E-state index contributed by atoms with van der Waals surface area (Å²) in [7, 11) is 3.15. The maximum Gasteiger partial charge on any atom is 0.270 e. The predicted molar refractivity (Wildman–Crippen MR) is 104 cm³/mol. The fourth-order valence-corrected chi connectivity index (χ4v) is 2.61. The van der Waals surface area contributed by atoms with Crippen molar-refractivity contribution >= 4 is 11.9 Å². The van der Waals surface area contributed by atoms with Crippen LogP contribution in [0.5, 0.6) is 11.5 Å². The Hall–Kier alpha value is -3.55. The molecule has 0 radical (unpaired) electrons. The quantitative estimate of drug-likeness (QED) is 0.618. The molecule has 0 bridgehead atoms. The number of anilines is 1. The lowest BCUT2D eigenvalue weighted by Crippen LogP contribution is -2.24. The van der Waals surface area contributed by atoms with Gasteiger partial charge in [0.1, 0.15) is 11.5 Å². The minimum absolute atomic E-state index is 0.287. The van der Waals surface area contributed by atoms with Crippen LogP contribution in [-0.4, -0.2) is 30.1 Å². The molecule has 2 N–H and O–H groups in total. The molecule has 0 aliphatic rings. The normalized spacial score (nSPS) is 10.4. The summed E-state index contributed by atoms with van der Waals surface area (Å²) < 4.78 is 15.8. The van der Waals surface area contributed by atoms with Crippen LogP contribution >= 0.6 is 0 Å². The molecule has 0 aliphatic carbocycles. The summed E-state index contributed by atoms with van der Waals surface area (Å²) in [6, 6.07) is 10.8. The molecular formula is C20H22N4O4. The van der Waals surface area contributed by atoms with E-state index in [9.17, 15) is 4.79 Å². The molecule has 1 amide bonds. The highest BCUT2D eigenvalue weighted by Crippen LogP contribution is 2.27. The molecule has 8 heteroatoms. The Bertz CT molecular complexity index is 941.